The molecule has 2 aromatic heterocycles. The maximum absolute atomic E-state index is 13.4. The Labute approximate surface area is 172 Å². The normalized spacial score (nSPS) is 15.8. The number of benzene rings is 2. The third-order valence-corrected chi connectivity index (χ3v) is 5.68. The highest BCUT2D eigenvalue weighted by atomic mass is 19.1. The summed E-state index contributed by atoms with van der Waals surface area (Å²) in [5.74, 6) is 0.749. The minimum atomic E-state index is -0.307. The van der Waals surface area contributed by atoms with E-state index in [-0.39, 0.29) is 5.82 Å². The molecule has 0 bridgehead atoms. The highest BCUT2D eigenvalue weighted by Crippen LogP contribution is 2.32. The number of likely N-dealkylation sites (tertiary alicyclic amines) is 1. The van der Waals surface area contributed by atoms with E-state index in [0.29, 0.717) is 18.1 Å². The first-order chi connectivity index (χ1) is 14.7. The van der Waals surface area contributed by atoms with Crippen molar-refractivity contribution in [2.45, 2.75) is 18.8 Å². The van der Waals surface area contributed by atoms with Crippen molar-refractivity contribution in [2.24, 2.45) is 0 Å². The number of hydrogen-bond donors (Lipinski definition) is 0. The van der Waals surface area contributed by atoms with Crippen molar-refractivity contribution in [3.63, 3.8) is 0 Å². The Morgan fingerprint density at radius 3 is 2.87 bits per heavy atom. The summed E-state index contributed by atoms with van der Waals surface area (Å²) in [4.78, 5) is 9.62. The molecule has 0 aliphatic carbocycles. The van der Waals surface area contributed by atoms with Gasteiger partial charge in [0.25, 0.3) is 0 Å². The Balaban J connectivity index is 1.16. The predicted molar refractivity (Wildman–Crippen MR) is 108 cm³/mol. The summed E-state index contributed by atoms with van der Waals surface area (Å²) in [6.45, 7) is 3.18. The Hall–Kier alpha value is -3.20. The minimum Gasteiger partial charge on any atom is -0.497 e. The molecule has 0 atom stereocenters. The zero-order valence-electron chi connectivity index (χ0n) is 16.6. The molecule has 1 fully saturated rings. The number of ether oxygens (including phenoxy) is 1. The van der Waals surface area contributed by atoms with E-state index in [1.165, 1.54) is 17.0 Å². The van der Waals surface area contributed by atoms with Gasteiger partial charge in [0.2, 0.25) is 0 Å². The lowest BCUT2D eigenvalue weighted by Crippen LogP contribution is -2.37. The van der Waals surface area contributed by atoms with Crippen LogP contribution in [0.1, 0.15) is 24.5 Å². The van der Waals surface area contributed by atoms with Crippen molar-refractivity contribution in [3.05, 3.63) is 47.9 Å². The average Bonchev–Trinajstić information content (AvgIpc) is 3.37. The first-order valence-corrected chi connectivity index (χ1v) is 10.0. The molecule has 0 radical (unpaired) electrons. The zero-order chi connectivity index (χ0) is 20.5. The Kier molecular flexibility index (Phi) is 4.96. The second-order valence-corrected chi connectivity index (χ2v) is 7.47. The molecule has 0 unspecified atom stereocenters. The Morgan fingerprint density at radius 1 is 1.17 bits per heavy atom. The molecule has 8 nitrogen and oxygen atoms in total. The van der Waals surface area contributed by atoms with Gasteiger partial charge in [-0.15, -0.1) is 5.10 Å². The molecular weight excluding hydrogens is 389 g/mol. The number of halogens is 1. The smallest absolute Gasteiger partial charge is 0.170 e. The van der Waals surface area contributed by atoms with E-state index in [2.05, 4.69) is 20.4 Å². The molecular formula is C21H22FN5O3. The third-order valence-electron chi connectivity index (χ3n) is 5.68. The van der Waals surface area contributed by atoms with Crippen LogP contribution in [0.15, 0.2) is 40.9 Å². The second kappa shape index (κ2) is 7.91. The first-order valence-electron chi connectivity index (χ1n) is 10.0. The highest BCUT2D eigenvalue weighted by molar-refractivity contribution is 5.80. The summed E-state index contributed by atoms with van der Waals surface area (Å²) in [6.07, 6.45) is 1.95. The quantitative estimate of drug-likeness (QED) is 0.483. The Bertz CT molecular complexity index is 1170. The topological polar surface area (TPSA) is 78.4 Å². The van der Waals surface area contributed by atoms with Gasteiger partial charge in [-0.1, -0.05) is 10.0 Å². The van der Waals surface area contributed by atoms with E-state index in [1.54, 1.807) is 13.2 Å². The van der Waals surface area contributed by atoms with Crippen molar-refractivity contribution >= 4 is 22.0 Å². The van der Waals surface area contributed by atoms with E-state index < -0.39 is 0 Å². The van der Waals surface area contributed by atoms with Crippen LogP contribution < -0.4 is 9.57 Å². The number of methoxy groups -OCH3 is 1. The van der Waals surface area contributed by atoms with Crippen LogP contribution in [0, 0.1) is 5.82 Å². The third kappa shape index (κ3) is 3.56. The molecule has 5 rings (SSSR count). The van der Waals surface area contributed by atoms with Gasteiger partial charge in [0.15, 0.2) is 5.58 Å². The largest absolute Gasteiger partial charge is 0.497 e. The van der Waals surface area contributed by atoms with Gasteiger partial charge in [0, 0.05) is 30.0 Å². The fourth-order valence-corrected chi connectivity index (χ4v) is 4.01. The van der Waals surface area contributed by atoms with E-state index in [4.69, 9.17) is 14.1 Å². The molecule has 1 aliphatic rings. The first kappa shape index (κ1) is 18.8. The van der Waals surface area contributed by atoms with Crippen LogP contribution in [-0.4, -0.2) is 58.6 Å². The monoisotopic (exact) mass is 411 g/mol. The van der Waals surface area contributed by atoms with Gasteiger partial charge in [-0.2, -0.15) is 0 Å². The number of nitrogens with zero attached hydrogens (tertiary/aromatic N) is 5. The number of piperidine rings is 1. The molecule has 0 spiro atoms. The molecule has 3 heterocycles. The number of aromatic nitrogens is 4. The average molecular weight is 411 g/mol. The van der Waals surface area contributed by atoms with Crippen LogP contribution in [0.5, 0.6) is 5.75 Å². The van der Waals surface area contributed by atoms with Crippen LogP contribution in [0.3, 0.4) is 0 Å². The molecule has 0 N–H and O–H groups in total. The van der Waals surface area contributed by atoms with Crippen molar-refractivity contribution < 1.29 is 18.5 Å². The van der Waals surface area contributed by atoms with Crippen molar-refractivity contribution in [2.75, 3.05) is 33.4 Å². The lowest BCUT2D eigenvalue weighted by atomic mass is 9.91. The molecule has 4 aromatic rings. The van der Waals surface area contributed by atoms with E-state index in [0.717, 1.165) is 60.3 Å². The zero-order valence-corrected chi connectivity index (χ0v) is 16.6. The van der Waals surface area contributed by atoms with E-state index in [9.17, 15) is 4.39 Å². The van der Waals surface area contributed by atoms with Gasteiger partial charge in [0.1, 0.15) is 29.2 Å². The summed E-state index contributed by atoms with van der Waals surface area (Å²) in [5, 5.41) is 13.3. The number of rotatable bonds is 6. The molecule has 0 saturated carbocycles. The predicted octanol–water partition coefficient (Wildman–Crippen LogP) is 3.03. The molecule has 9 heteroatoms. The van der Waals surface area contributed by atoms with Crippen molar-refractivity contribution in [1.82, 2.24) is 25.2 Å². The van der Waals surface area contributed by atoms with Crippen LogP contribution >= 0.6 is 0 Å². The minimum absolute atomic E-state index is 0.307. The van der Waals surface area contributed by atoms with E-state index >= 15 is 0 Å². The maximum Gasteiger partial charge on any atom is 0.170 e. The summed E-state index contributed by atoms with van der Waals surface area (Å²) in [6, 6.07) is 10.2. The van der Waals surface area contributed by atoms with Gasteiger partial charge in [0.05, 0.1) is 12.8 Å². The number of hydrogen-bond acceptors (Lipinski definition) is 7. The second-order valence-electron chi connectivity index (χ2n) is 7.47. The van der Waals surface area contributed by atoms with Gasteiger partial charge < -0.3 is 14.1 Å². The van der Waals surface area contributed by atoms with Crippen LogP contribution in [0.25, 0.3) is 22.0 Å². The van der Waals surface area contributed by atoms with Gasteiger partial charge in [-0.25, -0.2) is 4.39 Å². The summed E-state index contributed by atoms with van der Waals surface area (Å²) in [5.41, 5.74) is 2.99. The fraction of sp³-hybridized carbons (Fsp3) is 0.381. The maximum atomic E-state index is 13.4. The van der Waals surface area contributed by atoms with Crippen molar-refractivity contribution in [3.8, 4) is 5.75 Å². The Morgan fingerprint density at radius 2 is 2.03 bits per heavy atom. The molecule has 1 aliphatic heterocycles. The fourth-order valence-electron chi connectivity index (χ4n) is 4.01. The van der Waals surface area contributed by atoms with E-state index in [1.807, 2.05) is 18.2 Å². The SMILES string of the molecule is COc1ccc2nnn(OCCN3CCC(c4noc5cc(F)ccc45)CC3)c2c1. The lowest BCUT2D eigenvalue weighted by molar-refractivity contribution is 0.0616. The van der Waals surface area contributed by atoms with Crippen LogP contribution in [0.4, 0.5) is 4.39 Å². The highest BCUT2D eigenvalue weighted by Gasteiger charge is 2.25. The molecule has 2 aromatic carbocycles. The standard InChI is InChI=1S/C21H22FN5O3/c1-28-16-3-5-18-19(13-16)27(25-23-18)29-11-10-26-8-6-14(7-9-26)21-17-4-2-15(22)12-20(17)30-24-21/h2-5,12-14H,6-11H2,1H3. The van der Waals surface area contributed by atoms with Gasteiger partial charge >= 0.3 is 0 Å². The molecule has 0 amide bonds. The van der Waals surface area contributed by atoms with Crippen molar-refractivity contribution in [1.29, 1.82) is 0 Å². The summed E-state index contributed by atoms with van der Waals surface area (Å²) < 4.78 is 23.9. The van der Waals surface area contributed by atoms with Crippen LogP contribution in [-0.2, 0) is 0 Å². The van der Waals surface area contributed by atoms with Crippen LogP contribution in [0.2, 0.25) is 0 Å². The lowest BCUT2D eigenvalue weighted by Gasteiger charge is -2.30. The molecule has 30 heavy (non-hydrogen) atoms. The molecule has 1 saturated heterocycles. The number of fused-ring (bicyclic) bond motifs is 2. The summed E-state index contributed by atoms with van der Waals surface area (Å²) in [7, 11) is 1.62. The van der Waals surface area contributed by atoms with Gasteiger partial charge in [-0.05, 0) is 55.4 Å². The van der Waals surface area contributed by atoms with Gasteiger partial charge in [-0.3, -0.25) is 4.90 Å². The summed E-state index contributed by atoms with van der Waals surface area (Å²) >= 11 is 0. The molecule has 156 valence electrons.